The summed E-state index contributed by atoms with van der Waals surface area (Å²) in [5.41, 5.74) is 3.61. The van der Waals surface area contributed by atoms with Gasteiger partial charge in [-0.15, -0.1) is 0 Å². The van der Waals surface area contributed by atoms with Crippen molar-refractivity contribution in [1.82, 2.24) is 14.5 Å². The number of imidazole rings is 1. The number of para-hydroxylation sites is 1. The molecule has 0 radical (unpaired) electrons. The molecule has 2 rings (SSSR count). The van der Waals surface area contributed by atoms with Crippen LogP contribution in [-0.4, -0.2) is 34.1 Å². The molecule has 0 atom stereocenters. The van der Waals surface area contributed by atoms with Gasteiger partial charge in [0.05, 0.1) is 11.0 Å². The number of nitrogens with one attached hydrogen (secondary N) is 1. The zero-order valence-electron chi connectivity index (χ0n) is 11.5. The van der Waals surface area contributed by atoms with E-state index in [-0.39, 0.29) is 0 Å². The third-order valence-electron chi connectivity index (χ3n) is 3.58. The van der Waals surface area contributed by atoms with Gasteiger partial charge in [-0.05, 0) is 51.7 Å². The third-order valence-corrected chi connectivity index (χ3v) is 3.90. The molecule has 0 spiro atoms. The quantitative estimate of drug-likeness (QED) is 0.855. The number of H-pyrrole nitrogens is 1. The zero-order chi connectivity index (χ0) is 13.3. The Hall–Kier alpha value is -1.13. The molecule has 0 fully saturated rings. The molecule has 1 heterocycles. The van der Waals surface area contributed by atoms with Crippen LogP contribution in [0.2, 0.25) is 0 Å². The van der Waals surface area contributed by atoms with Crippen molar-refractivity contribution in [2.75, 3.05) is 13.6 Å². The Morgan fingerprint density at radius 2 is 2.11 bits per heavy atom. The number of aryl methyl sites for hydroxylation is 1. The number of aromatic amines is 1. The maximum absolute atomic E-state index is 5.42. The molecule has 18 heavy (non-hydrogen) atoms. The van der Waals surface area contributed by atoms with Crippen LogP contribution in [0.25, 0.3) is 11.0 Å². The summed E-state index contributed by atoms with van der Waals surface area (Å²) in [6, 6.07) is 6.89. The number of fused-ring (bicyclic) bond motifs is 1. The van der Waals surface area contributed by atoms with Gasteiger partial charge in [0.25, 0.3) is 0 Å². The van der Waals surface area contributed by atoms with Crippen LogP contribution in [0, 0.1) is 11.7 Å². The first-order chi connectivity index (χ1) is 8.50. The predicted molar refractivity (Wildman–Crippen MR) is 79.6 cm³/mol. The van der Waals surface area contributed by atoms with Crippen molar-refractivity contribution < 1.29 is 0 Å². The summed E-state index contributed by atoms with van der Waals surface area (Å²) in [5.74, 6) is 0. The lowest BCUT2D eigenvalue weighted by Gasteiger charge is -2.21. The van der Waals surface area contributed by atoms with Crippen molar-refractivity contribution in [1.29, 1.82) is 0 Å². The van der Waals surface area contributed by atoms with E-state index in [1.54, 1.807) is 0 Å². The van der Waals surface area contributed by atoms with Crippen LogP contribution in [0.3, 0.4) is 0 Å². The molecule has 3 nitrogen and oxygen atoms in total. The number of nitrogens with zero attached hydrogens (tertiary/aromatic N) is 2. The van der Waals surface area contributed by atoms with Gasteiger partial charge in [0.1, 0.15) is 0 Å². The fourth-order valence-electron chi connectivity index (χ4n) is 2.06. The number of benzene rings is 1. The highest BCUT2D eigenvalue weighted by molar-refractivity contribution is 7.71. The van der Waals surface area contributed by atoms with Crippen LogP contribution in [0.1, 0.15) is 19.4 Å². The van der Waals surface area contributed by atoms with Crippen molar-refractivity contribution in [2.45, 2.75) is 33.4 Å². The van der Waals surface area contributed by atoms with Crippen LogP contribution in [0.15, 0.2) is 18.2 Å². The second-order valence-electron chi connectivity index (χ2n) is 5.13. The van der Waals surface area contributed by atoms with E-state index in [1.165, 1.54) is 11.1 Å². The van der Waals surface area contributed by atoms with Gasteiger partial charge in [-0.25, -0.2) is 0 Å². The number of rotatable bonds is 4. The molecule has 1 N–H and O–H groups in total. The molecule has 1 aromatic carbocycles. The topological polar surface area (TPSA) is 24.0 Å². The predicted octanol–water partition coefficient (Wildman–Crippen LogP) is 3.35. The zero-order valence-corrected chi connectivity index (χ0v) is 12.3. The molecule has 0 aliphatic carbocycles. The minimum Gasteiger partial charge on any atom is -0.330 e. The second-order valence-corrected chi connectivity index (χ2v) is 5.51. The van der Waals surface area contributed by atoms with E-state index in [0.29, 0.717) is 6.04 Å². The molecule has 0 aliphatic rings. The SMILES string of the molecule is Cc1cccc2c1[nH]c(=S)n2CCN(C)C(C)C. The molecule has 0 saturated heterocycles. The normalized spacial score (nSPS) is 11.9. The summed E-state index contributed by atoms with van der Waals surface area (Å²) in [4.78, 5) is 5.64. The van der Waals surface area contributed by atoms with Gasteiger partial charge in [0.15, 0.2) is 4.77 Å². The molecule has 98 valence electrons. The highest BCUT2D eigenvalue weighted by Gasteiger charge is 2.08. The smallest absolute Gasteiger partial charge is 0.178 e. The molecule has 0 aliphatic heterocycles. The molecule has 0 unspecified atom stereocenters. The van der Waals surface area contributed by atoms with Gasteiger partial charge in [-0.2, -0.15) is 0 Å². The van der Waals surface area contributed by atoms with E-state index < -0.39 is 0 Å². The Labute approximate surface area is 113 Å². The van der Waals surface area contributed by atoms with Gasteiger partial charge in [-0.3, -0.25) is 0 Å². The van der Waals surface area contributed by atoms with Crippen LogP contribution in [-0.2, 0) is 6.54 Å². The Morgan fingerprint density at radius 3 is 2.78 bits per heavy atom. The van der Waals surface area contributed by atoms with Crippen molar-refractivity contribution in [2.24, 2.45) is 0 Å². The van der Waals surface area contributed by atoms with Gasteiger partial charge in [-0.1, -0.05) is 12.1 Å². The average Bonchev–Trinajstić information content (AvgIpc) is 2.64. The van der Waals surface area contributed by atoms with Crippen molar-refractivity contribution >= 4 is 23.3 Å². The Balaban J connectivity index is 2.31. The minimum absolute atomic E-state index is 0.561. The van der Waals surface area contributed by atoms with Gasteiger partial charge in [0, 0.05) is 19.1 Å². The molecule has 0 amide bonds. The van der Waals surface area contributed by atoms with Gasteiger partial charge >= 0.3 is 0 Å². The number of hydrogen-bond acceptors (Lipinski definition) is 2. The van der Waals surface area contributed by atoms with Crippen LogP contribution < -0.4 is 0 Å². The Bertz CT molecular complexity index is 595. The largest absolute Gasteiger partial charge is 0.330 e. The number of hydrogen-bond donors (Lipinski definition) is 1. The van der Waals surface area contributed by atoms with E-state index in [2.05, 4.69) is 60.5 Å². The van der Waals surface area contributed by atoms with Crippen molar-refractivity contribution in [3.63, 3.8) is 0 Å². The molecule has 2 aromatic rings. The molecule has 4 heteroatoms. The first-order valence-corrected chi connectivity index (χ1v) is 6.80. The summed E-state index contributed by atoms with van der Waals surface area (Å²) in [7, 11) is 2.15. The molecular formula is C14H21N3S. The summed E-state index contributed by atoms with van der Waals surface area (Å²) < 4.78 is 3.01. The lowest BCUT2D eigenvalue weighted by Crippen LogP contribution is -2.29. The lowest BCUT2D eigenvalue weighted by atomic mass is 10.2. The van der Waals surface area contributed by atoms with E-state index in [9.17, 15) is 0 Å². The third kappa shape index (κ3) is 2.49. The van der Waals surface area contributed by atoms with Gasteiger partial charge in [0.2, 0.25) is 0 Å². The van der Waals surface area contributed by atoms with E-state index >= 15 is 0 Å². The summed E-state index contributed by atoms with van der Waals surface area (Å²) in [5, 5.41) is 0. The average molecular weight is 263 g/mol. The first-order valence-electron chi connectivity index (χ1n) is 6.39. The minimum atomic E-state index is 0.561. The first kappa shape index (κ1) is 13.3. The summed E-state index contributed by atoms with van der Waals surface area (Å²) in [6.45, 7) is 8.46. The van der Waals surface area contributed by atoms with Crippen molar-refractivity contribution in [3.05, 3.63) is 28.5 Å². The highest BCUT2D eigenvalue weighted by atomic mass is 32.1. The van der Waals surface area contributed by atoms with E-state index in [4.69, 9.17) is 12.2 Å². The van der Waals surface area contributed by atoms with Crippen LogP contribution in [0.4, 0.5) is 0 Å². The summed E-state index contributed by atoms with van der Waals surface area (Å²) >= 11 is 5.42. The maximum Gasteiger partial charge on any atom is 0.178 e. The van der Waals surface area contributed by atoms with E-state index in [0.717, 1.165) is 23.4 Å². The molecule has 1 aromatic heterocycles. The van der Waals surface area contributed by atoms with Crippen LogP contribution in [0.5, 0.6) is 0 Å². The van der Waals surface area contributed by atoms with E-state index in [1.807, 2.05) is 0 Å². The number of likely N-dealkylation sites (N-methyl/N-ethyl adjacent to an activating group) is 1. The second kappa shape index (κ2) is 5.24. The highest BCUT2D eigenvalue weighted by Crippen LogP contribution is 2.17. The monoisotopic (exact) mass is 263 g/mol. The standard InChI is InChI=1S/C14H21N3S/c1-10(2)16(4)8-9-17-12-7-5-6-11(3)13(12)15-14(17)18/h5-7,10H,8-9H2,1-4H3,(H,15,18). The van der Waals surface area contributed by atoms with Crippen molar-refractivity contribution in [3.8, 4) is 0 Å². The fourth-order valence-corrected chi connectivity index (χ4v) is 2.35. The fraction of sp³-hybridized carbons (Fsp3) is 0.500. The lowest BCUT2D eigenvalue weighted by molar-refractivity contribution is 0.263. The Kier molecular flexibility index (Phi) is 3.88. The molecule has 0 bridgehead atoms. The summed E-state index contributed by atoms with van der Waals surface area (Å²) in [6.07, 6.45) is 0. The van der Waals surface area contributed by atoms with Gasteiger partial charge < -0.3 is 14.5 Å². The molecule has 0 saturated carbocycles. The van der Waals surface area contributed by atoms with Crippen LogP contribution >= 0.6 is 12.2 Å². The molecular weight excluding hydrogens is 242 g/mol. The maximum atomic E-state index is 5.42. The Morgan fingerprint density at radius 1 is 1.39 bits per heavy atom. The number of aromatic nitrogens is 2.